The van der Waals surface area contributed by atoms with Gasteiger partial charge in [0.25, 0.3) is 0 Å². The lowest BCUT2D eigenvalue weighted by Gasteiger charge is -2.22. The summed E-state index contributed by atoms with van der Waals surface area (Å²) in [6.07, 6.45) is 0. The highest BCUT2D eigenvalue weighted by Crippen LogP contribution is 2.25. The molecule has 1 amide bonds. The van der Waals surface area contributed by atoms with Gasteiger partial charge in [0.1, 0.15) is 0 Å². The van der Waals surface area contributed by atoms with E-state index in [9.17, 15) is 9.59 Å². The number of primary amides is 1. The molecule has 6 N–H and O–H groups in total. The van der Waals surface area contributed by atoms with Gasteiger partial charge >= 0.3 is 5.76 Å². The molecule has 1 aromatic carbocycles. The van der Waals surface area contributed by atoms with Crippen LogP contribution in [0.4, 0.5) is 11.4 Å². The minimum atomic E-state index is -0.703. The van der Waals surface area contributed by atoms with Crippen LogP contribution in [0.1, 0.15) is 13.8 Å². The SMILES string of the molecule is CC(C)(CNc1cc2[nH]c(=O)oc2cc1N)C(N)=O. The normalized spacial score (nSPS) is 11.7. The van der Waals surface area contributed by atoms with Crippen molar-refractivity contribution in [2.75, 3.05) is 17.6 Å². The lowest BCUT2D eigenvalue weighted by atomic mass is 9.92. The van der Waals surface area contributed by atoms with Crippen molar-refractivity contribution in [3.63, 3.8) is 0 Å². The number of nitrogens with one attached hydrogen (secondary N) is 2. The number of amides is 1. The predicted octanol–water partition coefficient (Wildman–Crippen LogP) is 0.627. The predicted molar refractivity (Wildman–Crippen MR) is 72.7 cm³/mol. The standard InChI is InChI=1S/C12H16N4O3/c1-12(2,10(14)17)5-15-7-4-8-9(3-6(7)13)19-11(18)16-8/h3-4,15H,5,13H2,1-2H3,(H2,14,17)(H,16,18). The topological polar surface area (TPSA) is 127 Å². The number of fused-ring (bicyclic) bond motifs is 1. The van der Waals surface area contributed by atoms with Gasteiger partial charge in [-0.2, -0.15) is 0 Å². The summed E-state index contributed by atoms with van der Waals surface area (Å²) in [4.78, 5) is 24.8. The van der Waals surface area contributed by atoms with Crippen molar-refractivity contribution in [3.05, 3.63) is 22.7 Å². The molecule has 7 nitrogen and oxygen atoms in total. The van der Waals surface area contributed by atoms with E-state index in [1.165, 1.54) is 0 Å². The van der Waals surface area contributed by atoms with Crippen molar-refractivity contribution in [1.82, 2.24) is 4.98 Å². The van der Waals surface area contributed by atoms with Gasteiger partial charge in [-0.1, -0.05) is 0 Å². The van der Waals surface area contributed by atoms with Crippen LogP contribution in [0.5, 0.6) is 0 Å². The van der Waals surface area contributed by atoms with Crippen molar-refractivity contribution in [2.24, 2.45) is 11.1 Å². The van der Waals surface area contributed by atoms with E-state index in [2.05, 4.69) is 10.3 Å². The van der Waals surface area contributed by atoms with E-state index >= 15 is 0 Å². The Kier molecular flexibility index (Phi) is 2.97. The van der Waals surface area contributed by atoms with E-state index in [-0.39, 0.29) is 0 Å². The molecule has 0 spiro atoms. The molecule has 2 rings (SSSR count). The van der Waals surface area contributed by atoms with Gasteiger partial charge in [-0.05, 0) is 19.9 Å². The van der Waals surface area contributed by atoms with Crippen LogP contribution in [0.25, 0.3) is 11.1 Å². The molecule has 0 fully saturated rings. The number of carbonyl (C=O) groups excluding carboxylic acids is 1. The van der Waals surface area contributed by atoms with Crippen LogP contribution < -0.4 is 22.5 Å². The van der Waals surface area contributed by atoms with Crippen molar-refractivity contribution in [1.29, 1.82) is 0 Å². The number of anilines is 2. The zero-order valence-corrected chi connectivity index (χ0v) is 10.7. The molecule has 0 aliphatic carbocycles. The number of benzene rings is 1. The molecule has 102 valence electrons. The van der Waals surface area contributed by atoms with Gasteiger partial charge in [0.2, 0.25) is 5.91 Å². The van der Waals surface area contributed by atoms with Crippen molar-refractivity contribution < 1.29 is 9.21 Å². The number of H-pyrrole nitrogens is 1. The number of hydrogen-bond acceptors (Lipinski definition) is 5. The molecular weight excluding hydrogens is 248 g/mol. The summed E-state index contributed by atoms with van der Waals surface area (Å²) in [6.45, 7) is 3.80. The van der Waals surface area contributed by atoms with E-state index in [0.717, 1.165) is 0 Å². The van der Waals surface area contributed by atoms with Crippen molar-refractivity contribution >= 4 is 28.4 Å². The Bertz CT molecular complexity index is 684. The van der Waals surface area contributed by atoms with Crippen LogP contribution >= 0.6 is 0 Å². The number of nitrogens with two attached hydrogens (primary N) is 2. The number of nitrogen functional groups attached to an aromatic ring is 1. The average molecular weight is 264 g/mol. The first-order chi connectivity index (χ1) is 8.79. The summed E-state index contributed by atoms with van der Waals surface area (Å²) in [5.41, 5.74) is 12.4. The number of rotatable bonds is 4. The van der Waals surface area contributed by atoms with Crippen LogP contribution in [0.15, 0.2) is 21.3 Å². The maximum absolute atomic E-state index is 11.2. The molecule has 0 unspecified atom stereocenters. The fourth-order valence-corrected chi connectivity index (χ4v) is 1.57. The number of hydrogen-bond donors (Lipinski definition) is 4. The van der Waals surface area contributed by atoms with E-state index in [4.69, 9.17) is 15.9 Å². The number of carbonyl (C=O) groups is 1. The zero-order valence-electron chi connectivity index (χ0n) is 10.7. The van der Waals surface area contributed by atoms with Crippen molar-refractivity contribution in [3.8, 4) is 0 Å². The second-order valence-corrected chi connectivity index (χ2v) is 5.05. The summed E-state index contributed by atoms with van der Waals surface area (Å²) in [5, 5.41) is 3.05. The fraction of sp³-hybridized carbons (Fsp3) is 0.333. The number of oxazole rings is 1. The van der Waals surface area contributed by atoms with E-state index in [0.29, 0.717) is 29.0 Å². The zero-order chi connectivity index (χ0) is 14.2. The van der Waals surface area contributed by atoms with Gasteiger partial charge < -0.3 is 21.2 Å². The van der Waals surface area contributed by atoms with Crippen LogP contribution in [0, 0.1) is 5.41 Å². The first kappa shape index (κ1) is 13.0. The molecule has 0 saturated heterocycles. The minimum absolute atomic E-state index is 0.333. The molecule has 0 aliphatic rings. The van der Waals surface area contributed by atoms with Crippen molar-refractivity contribution in [2.45, 2.75) is 13.8 Å². The number of aromatic amines is 1. The molecule has 7 heteroatoms. The third kappa shape index (κ3) is 2.54. The molecule has 0 saturated carbocycles. The molecule has 0 radical (unpaired) electrons. The monoisotopic (exact) mass is 264 g/mol. The Balaban J connectivity index is 2.28. The van der Waals surface area contributed by atoms with Gasteiger partial charge in [-0.3, -0.25) is 9.78 Å². The lowest BCUT2D eigenvalue weighted by Crippen LogP contribution is -2.37. The molecule has 2 aromatic rings. The Morgan fingerprint density at radius 1 is 1.47 bits per heavy atom. The highest BCUT2D eigenvalue weighted by molar-refractivity contribution is 5.86. The van der Waals surface area contributed by atoms with E-state index in [1.54, 1.807) is 26.0 Å². The van der Waals surface area contributed by atoms with Crippen LogP contribution in [0.3, 0.4) is 0 Å². The summed E-state index contributed by atoms with van der Waals surface area (Å²) in [6, 6.07) is 3.21. The quantitative estimate of drug-likeness (QED) is 0.602. The number of aromatic nitrogens is 1. The molecule has 19 heavy (non-hydrogen) atoms. The molecule has 1 heterocycles. The Morgan fingerprint density at radius 2 is 2.16 bits per heavy atom. The third-order valence-electron chi connectivity index (χ3n) is 2.98. The van der Waals surface area contributed by atoms with Gasteiger partial charge in [-0.15, -0.1) is 0 Å². The first-order valence-corrected chi connectivity index (χ1v) is 5.76. The average Bonchev–Trinajstić information content (AvgIpc) is 2.65. The lowest BCUT2D eigenvalue weighted by molar-refractivity contribution is -0.125. The summed E-state index contributed by atoms with van der Waals surface area (Å²) in [5.74, 6) is -0.944. The Morgan fingerprint density at radius 3 is 2.79 bits per heavy atom. The van der Waals surface area contributed by atoms with Gasteiger partial charge in [0.05, 0.1) is 22.3 Å². The summed E-state index contributed by atoms with van der Waals surface area (Å²) < 4.78 is 4.89. The molecular formula is C12H16N4O3. The van der Waals surface area contributed by atoms with E-state index < -0.39 is 17.1 Å². The maximum Gasteiger partial charge on any atom is 0.417 e. The molecule has 0 atom stereocenters. The maximum atomic E-state index is 11.2. The highest BCUT2D eigenvalue weighted by atomic mass is 16.4. The van der Waals surface area contributed by atoms with Crippen LogP contribution in [-0.2, 0) is 4.79 Å². The first-order valence-electron chi connectivity index (χ1n) is 5.76. The van der Waals surface area contributed by atoms with Gasteiger partial charge in [-0.25, -0.2) is 4.79 Å². The third-order valence-corrected chi connectivity index (χ3v) is 2.98. The molecule has 0 bridgehead atoms. The molecule has 0 aliphatic heterocycles. The van der Waals surface area contributed by atoms with Gasteiger partial charge in [0, 0.05) is 12.6 Å². The second-order valence-electron chi connectivity index (χ2n) is 5.05. The van der Waals surface area contributed by atoms with E-state index in [1.807, 2.05) is 0 Å². The largest absolute Gasteiger partial charge is 0.417 e. The second kappa shape index (κ2) is 4.34. The summed E-state index contributed by atoms with van der Waals surface area (Å²) in [7, 11) is 0. The van der Waals surface area contributed by atoms with Crippen LogP contribution in [-0.4, -0.2) is 17.4 Å². The summed E-state index contributed by atoms with van der Waals surface area (Å²) >= 11 is 0. The Hall–Kier alpha value is -2.44. The smallest absolute Gasteiger partial charge is 0.408 e. The highest BCUT2D eigenvalue weighted by Gasteiger charge is 2.24. The fourth-order valence-electron chi connectivity index (χ4n) is 1.57. The molecule has 1 aromatic heterocycles. The minimum Gasteiger partial charge on any atom is -0.408 e. The van der Waals surface area contributed by atoms with Crippen LogP contribution in [0.2, 0.25) is 0 Å². The van der Waals surface area contributed by atoms with Gasteiger partial charge in [0.15, 0.2) is 5.58 Å². The Labute approximate surface area is 109 Å².